The van der Waals surface area contributed by atoms with Crippen LogP contribution in [0.5, 0.6) is 0 Å². The lowest BCUT2D eigenvalue weighted by molar-refractivity contribution is 0.0523. The molecule has 12 rings (SSSR count). The first-order valence-electron chi connectivity index (χ1n) is 24.2. The second-order valence-electron chi connectivity index (χ2n) is 18.2. The number of aryl methyl sites for hydroxylation is 1. The van der Waals surface area contributed by atoms with Gasteiger partial charge in [-0.25, -0.2) is 28.2 Å². The fourth-order valence-electron chi connectivity index (χ4n) is 8.45. The number of nitrogens with two attached hydrogens (primary N) is 1. The number of halogens is 2. The van der Waals surface area contributed by atoms with E-state index < -0.39 is 21.5 Å². The highest BCUT2D eigenvalue weighted by Crippen LogP contribution is 2.40. The van der Waals surface area contributed by atoms with Crippen molar-refractivity contribution in [3.05, 3.63) is 201 Å². The van der Waals surface area contributed by atoms with Crippen molar-refractivity contribution in [3.8, 4) is 0 Å². The molecule has 0 saturated carbocycles. The SMILES string of the molecule is CC(C)(C)OC(=O)NCc1ncc(Br)s1.CCc1ncc(Sc2cc3ccccc3c3ccccc23)s1.Cl.NCc1ncc(S(=O)(=O)c2cc3ccccc3c3ccccc23)s1.Sc1cc2ccccc2c2ccccc12. The van der Waals surface area contributed by atoms with Gasteiger partial charge in [0.05, 0.1) is 43.0 Å². The molecule has 0 aliphatic carbocycles. The molecule has 0 atom stereocenters. The van der Waals surface area contributed by atoms with E-state index in [9.17, 15) is 13.2 Å². The number of ether oxygens (including phenoxy) is 1. The summed E-state index contributed by atoms with van der Waals surface area (Å²) in [5.41, 5.74) is 5.10. The number of alkyl carbamates (subject to hydrolysis) is 1. The molecule has 17 heteroatoms. The number of nitrogens with zero attached hydrogens (tertiary/aromatic N) is 3. The molecule has 392 valence electrons. The summed E-state index contributed by atoms with van der Waals surface area (Å²) < 4.78 is 33.8. The van der Waals surface area contributed by atoms with E-state index in [1.807, 2.05) is 87.3 Å². The minimum absolute atomic E-state index is 0. The summed E-state index contributed by atoms with van der Waals surface area (Å²) in [6, 6.07) is 55.6. The predicted octanol–water partition coefficient (Wildman–Crippen LogP) is 17.5. The van der Waals surface area contributed by atoms with Gasteiger partial charge in [-0.15, -0.1) is 59.0 Å². The highest BCUT2D eigenvalue weighted by Gasteiger charge is 2.24. The Morgan fingerprint density at radius 1 is 0.623 bits per heavy atom. The van der Waals surface area contributed by atoms with Crippen LogP contribution in [0.3, 0.4) is 0 Å². The van der Waals surface area contributed by atoms with Crippen molar-refractivity contribution < 1.29 is 17.9 Å². The van der Waals surface area contributed by atoms with Crippen LogP contribution < -0.4 is 11.1 Å². The standard InChI is InChI=1S/C19H15NS2.C18H14N2O2S2.C14H10S.C9H13BrN2O2S.ClH/c1-2-18-20-12-19(22-18)21-17-11-13-7-3-4-8-14(13)15-9-5-6-10-16(15)17;19-10-17-20-11-18(23-17)24(21,22)16-9-12-5-1-2-6-13(12)14-7-3-4-8-15(14)16;15-14-9-10-5-1-2-6-11(10)12-7-3-4-8-13(12)14;1-9(2,3)14-8(13)12-5-7-11-4-6(10)15-7;/h3-12H,2H2,1H3;1-9,11H,10,19H2;1-9,15H;4H,5H2,1-3H3,(H,12,13);1H. The van der Waals surface area contributed by atoms with Gasteiger partial charge in [0.15, 0.2) is 0 Å². The van der Waals surface area contributed by atoms with Crippen LogP contribution in [0.15, 0.2) is 209 Å². The van der Waals surface area contributed by atoms with Gasteiger partial charge in [-0.2, -0.15) is 0 Å². The molecule has 3 aromatic heterocycles. The zero-order valence-corrected chi connectivity index (χ0v) is 49.6. The summed E-state index contributed by atoms with van der Waals surface area (Å²) in [5, 5.41) is 19.2. The number of sulfone groups is 1. The molecule has 3 N–H and O–H groups in total. The van der Waals surface area contributed by atoms with Crippen molar-refractivity contribution in [2.45, 2.75) is 75.9 Å². The zero-order chi connectivity index (χ0) is 53.4. The number of nitrogens with one attached hydrogen (secondary N) is 1. The van der Waals surface area contributed by atoms with Gasteiger partial charge >= 0.3 is 6.09 Å². The van der Waals surface area contributed by atoms with Crippen LogP contribution in [-0.2, 0) is 34.1 Å². The number of benzene rings is 9. The van der Waals surface area contributed by atoms with Gasteiger partial charge in [-0.3, -0.25) is 0 Å². The summed E-state index contributed by atoms with van der Waals surface area (Å²) in [5.74, 6) is 0. The van der Waals surface area contributed by atoms with Crippen molar-refractivity contribution in [2.24, 2.45) is 5.73 Å². The van der Waals surface area contributed by atoms with E-state index >= 15 is 0 Å². The highest BCUT2D eigenvalue weighted by molar-refractivity contribution is 9.11. The van der Waals surface area contributed by atoms with Gasteiger partial charge < -0.3 is 15.8 Å². The smallest absolute Gasteiger partial charge is 0.408 e. The van der Waals surface area contributed by atoms with Gasteiger partial charge in [0.2, 0.25) is 9.84 Å². The van der Waals surface area contributed by atoms with Crippen LogP contribution in [0, 0.1) is 0 Å². The minimum Gasteiger partial charge on any atom is -0.444 e. The summed E-state index contributed by atoms with van der Waals surface area (Å²) in [7, 11) is -3.65. The molecule has 77 heavy (non-hydrogen) atoms. The summed E-state index contributed by atoms with van der Waals surface area (Å²) in [6.07, 6.45) is 5.68. The fraction of sp³-hybridized carbons (Fsp3) is 0.133. The van der Waals surface area contributed by atoms with Crippen molar-refractivity contribution in [2.75, 3.05) is 0 Å². The van der Waals surface area contributed by atoms with Gasteiger partial charge in [0.1, 0.15) is 19.8 Å². The van der Waals surface area contributed by atoms with E-state index in [-0.39, 0.29) is 23.2 Å². The largest absolute Gasteiger partial charge is 0.444 e. The number of rotatable bonds is 8. The lowest BCUT2D eigenvalue weighted by atomic mass is 10.0. The average molecular weight is 1220 g/mol. The number of hydrogen-bond donors (Lipinski definition) is 3. The van der Waals surface area contributed by atoms with Crippen LogP contribution >= 0.6 is 86.7 Å². The average Bonchev–Trinajstić information content (AvgIpc) is 4.26. The number of carbonyl (C=O) groups is 1. The second kappa shape index (κ2) is 25.7. The molecule has 0 saturated heterocycles. The number of thiazole rings is 3. The van der Waals surface area contributed by atoms with Crippen LogP contribution in [0.2, 0.25) is 0 Å². The molecule has 0 bridgehead atoms. The fourth-order valence-corrected chi connectivity index (χ4v) is 14.8. The highest BCUT2D eigenvalue weighted by atomic mass is 79.9. The van der Waals surface area contributed by atoms with Crippen LogP contribution in [0.1, 0.15) is 42.7 Å². The summed E-state index contributed by atoms with van der Waals surface area (Å²) >= 11 is 14.1. The van der Waals surface area contributed by atoms with E-state index in [4.69, 9.17) is 10.5 Å². The maximum Gasteiger partial charge on any atom is 0.408 e. The van der Waals surface area contributed by atoms with Crippen LogP contribution in [-0.4, -0.2) is 35.1 Å². The molecule has 9 nitrogen and oxygen atoms in total. The van der Waals surface area contributed by atoms with Crippen molar-refractivity contribution >= 4 is 167 Å². The van der Waals surface area contributed by atoms with E-state index in [1.165, 1.54) is 74.7 Å². The molecule has 3 heterocycles. The monoisotopic (exact) mass is 1210 g/mol. The maximum atomic E-state index is 13.2. The summed E-state index contributed by atoms with van der Waals surface area (Å²) in [6.45, 7) is 8.26. The maximum absolute atomic E-state index is 13.2. The Kier molecular flexibility index (Phi) is 19.1. The second-order valence-corrected chi connectivity index (χ2v) is 26.9. The topological polar surface area (TPSA) is 137 Å². The molecule has 12 aromatic rings. The lowest BCUT2D eigenvalue weighted by Gasteiger charge is -2.19. The first-order valence-corrected chi connectivity index (χ1v) is 30.2. The third-order valence-corrected chi connectivity index (χ3v) is 19.2. The molecule has 1 amide bonds. The predicted molar refractivity (Wildman–Crippen MR) is 333 cm³/mol. The van der Waals surface area contributed by atoms with E-state index in [1.54, 1.807) is 23.6 Å². The minimum atomic E-state index is -3.65. The quantitative estimate of drug-likeness (QED) is 0.100. The van der Waals surface area contributed by atoms with Gasteiger partial charge in [-0.1, -0.05) is 164 Å². The molecule has 0 unspecified atom stereocenters. The Labute approximate surface area is 484 Å². The lowest BCUT2D eigenvalue weighted by Crippen LogP contribution is -2.32. The Hall–Kier alpha value is -5.92. The Balaban J connectivity index is 0.000000138. The Morgan fingerprint density at radius 2 is 1.10 bits per heavy atom. The number of hydrogen-bond acceptors (Lipinski definition) is 13. The van der Waals surface area contributed by atoms with Gasteiger partial charge in [0.25, 0.3) is 0 Å². The molecule has 0 spiro atoms. The molecule has 9 aromatic carbocycles. The number of fused-ring (bicyclic) bond motifs is 9. The third-order valence-electron chi connectivity index (χ3n) is 11.8. The van der Waals surface area contributed by atoms with Crippen LogP contribution in [0.25, 0.3) is 64.6 Å². The first-order chi connectivity index (χ1) is 36.7. The van der Waals surface area contributed by atoms with Crippen molar-refractivity contribution in [1.82, 2.24) is 20.3 Å². The van der Waals surface area contributed by atoms with E-state index in [0.717, 1.165) is 53.0 Å². The molecular formula is C60H53BrClN5O4S6. The number of carbonyl (C=O) groups excluding carboxylic acids is 1. The van der Waals surface area contributed by atoms with Gasteiger partial charge in [0, 0.05) is 21.7 Å². The van der Waals surface area contributed by atoms with Crippen LogP contribution in [0.4, 0.5) is 4.79 Å². The number of aromatic nitrogens is 3. The molecule has 0 radical (unpaired) electrons. The molecule has 0 aliphatic rings. The number of amides is 1. The van der Waals surface area contributed by atoms with Crippen molar-refractivity contribution in [3.63, 3.8) is 0 Å². The van der Waals surface area contributed by atoms with E-state index in [0.29, 0.717) is 16.4 Å². The normalized spacial score (nSPS) is 11.3. The Morgan fingerprint density at radius 3 is 1.64 bits per heavy atom. The Bertz CT molecular complexity index is 4140. The number of thiol groups is 1. The first kappa shape index (κ1) is 57.3. The molecular weight excluding hydrogens is 1160 g/mol. The third kappa shape index (κ3) is 13.9. The van der Waals surface area contributed by atoms with Crippen molar-refractivity contribution in [1.29, 1.82) is 0 Å². The molecule has 0 fully saturated rings. The van der Waals surface area contributed by atoms with E-state index in [2.05, 4.69) is 165 Å². The van der Waals surface area contributed by atoms with Gasteiger partial charge in [-0.05, 0) is 121 Å². The summed E-state index contributed by atoms with van der Waals surface area (Å²) in [4.78, 5) is 26.6. The molecule has 0 aliphatic heterocycles. The zero-order valence-electron chi connectivity index (χ0n) is 42.3.